The summed E-state index contributed by atoms with van der Waals surface area (Å²) < 4.78 is 11.2. The fraction of sp³-hybridized carbons (Fsp3) is 0.217. The minimum atomic E-state index is -0.553. The van der Waals surface area contributed by atoms with Crippen molar-refractivity contribution in [2.24, 2.45) is 0 Å². The summed E-state index contributed by atoms with van der Waals surface area (Å²) in [5.41, 5.74) is 4.52. The fourth-order valence-electron chi connectivity index (χ4n) is 3.54. The molecule has 2 aromatic rings. The van der Waals surface area contributed by atoms with Crippen LogP contribution in [0.5, 0.6) is 5.75 Å². The summed E-state index contributed by atoms with van der Waals surface area (Å²) in [7, 11) is 2.87. The monoisotopic (exact) mass is 455 g/mol. The Bertz CT molecular complexity index is 1050. The number of nitrogens with zero attached hydrogens (tertiary/aromatic N) is 1. The maximum Gasteiger partial charge on any atom is 0.340 e. The molecular weight excluding hydrogens is 434 g/mol. The Morgan fingerprint density at radius 1 is 1.03 bits per heavy atom. The Hall–Kier alpha value is -2.86. The van der Waals surface area contributed by atoms with Crippen LogP contribution in [0.2, 0.25) is 0 Å². The number of hydrogen-bond donors (Lipinski definition) is 0. The van der Waals surface area contributed by atoms with Crippen LogP contribution in [0.1, 0.15) is 23.6 Å². The van der Waals surface area contributed by atoms with Gasteiger partial charge in [-0.2, -0.15) is 0 Å². The van der Waals surface area contributed by atoms with E-state index in [4.69, 9.17) is 9.47 Å². The van der Waals surface area contributed by atoms with Gasteiger partial charge in [-0.15, -0.1) is 0 Å². The van der Waals surface area contributed by atoms with Gasteiger partial charge in [-0.1, -0.05) is 22.0 Å². The minimum absolute atomic E-state index is 0.249. The zero-order valence-electron chi connectivity index (χ0n) is 17.0. The molecule has 0 radical (unpaired) electrons. The summed E-state index contributed by atoms with van der Waals surface area (Å²) in [4.78, 5) is 27.5. The third-order valence-corrected chi connectivity index (χ3v) is 5.24. The van der Waals surface area contributed by atoms with E-state index in [1.54, 1.807) is 31.1 Å². The van der Waals surface area contributed by atoms with Gasteiger partial charge in [-0.3, -0.25) is 9.69 Å². The van der Waals surface area contributed by atoms with Gasteiger partial charge in [0.15, 0.2) is 0 Å². The van der Waals surface area contributed by atoms with Crippen LogP contribution in [0.25, 0.3) is 6.08 Å². The average Bonchev–Trinajstić information content (AvgIpc) is 2.90. The second-order valence-corrected chi connectivity index (χ2v) is 7.80. The first-order valence-corrected chi connectivity index (χ1v) is 9.83. The van der Waals surface area contributed by atoms with Gasteiger partial charge in [0, 0.05) is 21.4 Å². The van der Waals surface area contributed by atoms with Crippen molar-refractivity contribution >= 4 is 39.6 Å². The van der Waals surface area contributed by atoms with Gasteiger partial charge in [0.25, 0.3) is 5.91 Å². The standard InChI is InChI=1S/C23H22BrNO4/c1-13-8-14(2)10-18(9-13)25-15(3)21(23(27)29-5)19(22(25)26)12-16-11-17(24)6-7-20(16)28-4/h6-12H,1-5H3/b19-12-. The second-order valence-electron chi connectivity index (χ2n) is 6.88. The molecule has 29 heavy (non-hydrogen) atoms. The fourth-order valence-corrected chi connectivity index (χ4v) is 3.92. The van der Waals surface area contributed by atoms with E-state index in [1.807, 2.05) is 44.2 Å². The Balaban J connectivity index is 2.21. The summed E-state index contributed by atoms with van der Waals surface area (Å²) >= 11 is 3.44. The van der Waals surface area contributed by atoms with Crippen LogP contribution in [0.15, 0.2) is 57.7 Å². The lowest BCUT2D eigenvalue weighted by Crippen LogP contribution is -2.24. The van der Waals surface area contributed by atoms with Gasteiger partial charge in [-0.25, -0.2) is 4.79 Å². The molecular formula is C23H22BrNO4. The van der Waals surface area contributed by atoms with E-state index in [2.05, 4.69) is 15.9 Å². The molecule has 0 saturated carbocycles. The van der Waals surface area contributed by atoms with Gasteiger partial charge in [0.1, 0.15) is 5.75 Å². The quantitative estimate of drug-likeness (QED) is 0.483. The Kier molecular flexibility index (Phi) is 5.94. The molecule has 3 rings (SSSR count). The van der Waals surface area contributed by atoms with Crippen LogP contribution >= 0.6 is 15.9 Å². The summed E-state index contributed by atoms with van der Waals surface area (Å²) in [6.07, 6.45) is 1.67. The van der Waals surface area contributed by atoms with Crippen molar-refractivity contribution in [1.82, 2.24) is 0 Å². The number of carbonyl (C=O) groups excluding carboxylic acids is 2. The molecule has 2 aromatic carbocycles. The van der Waals surface area contributed by atoms with E-state index in [0.717, 1.165) is 21.3 Å². The summed E-state index contributed by atoms with van der Waals surface area (Å²) in [6.45, 7) is 5.70. The molecule has 1 aliphatic rings. The highest BCUT2D eigenvalue weighted by molar-refractivity contribution is 9.10. The number of benzene rings is 2. The van der Waals surface area contributed by atoms with Gasteiger partial charge >= 0.3 is 5.97 Å². The Morgan fingerprint density at radius 2 is 1.69 bits per heavy atom. The summed E-state index contributed by atoms with van der Waals surface area (Å²) in [5, 5.41) is 0. The molecule has 5 nitrogen and oxygen atoms in total. The third-order valence-electron chi connectivity index (χ3n) is 4.75. The molecule has 0 saturated heterocycles. The maximum absolute atomic E-state index is 13.4. The predicted octanol–water partition coefficient (Wildman–Crippen LogP) is 4.95. The first kappa shape index (κ1) is 20.9. The molecule has 1 heterocycles. The zero-order chi connectivity index (χ0) is 21.3. The van der Waals surface area contributed by atoms with Gasteiger partial charge in [0.2, 0.25) is 0 Å². The van der Waals surface area contributed by atoms with Crippen molar-refractivity contribution in [3.8, 4) is 5.75 Å². The molecule has 1 aliphatic heterocycles. The number of aryl methyl sites for hydroxylation is 2. The van der Waals surface area contributed by atoms with E-state index in [9.17, 15) is 9.59 Å². The van der Waals surface area contributed by atoms with E-state index in [1.165, 1.54) is 7.11 Å². The number of anilines is 1. The van der Waals surface area contributed by atoms with Crippen LogP contribution in [0.3, 0.4) is 0 Å². The molecule has 6 heteroatoms. The van der Waals surface area contributed by atoms with Gasteiger partial charge in [0.05, 0.1) is 25.4 Å². The number of esters is 1. The van der Waals surface area contributed by atoms with E-state index in [0.29, 0.717) is 17.0 Å². The van der Waals surface area contributed by atoms with Crippen molar-refractivity contribution in [3.05, 3.63) is 74.4 Å². The number of ether oxygens (including phenoxy) is 2. The number of rotatable bonds is 4. The average molecular weight is 456 g/mol. The first-order chi connectivity index (χ1) is 13.8. The molecule has 0 aromatic heterocycles. The van der Waals surface area contributed by atoms with Gasteiger partial charge < -0.3 is 9.47 Å². The molecule has 0 aliphatic carbocycles. The lowest BCUT2D eigenvalue weighted by atomic mass is 10.0. The lowest BCUT2D eigenvalue weighted by Gasteiger charge is -2.19. The summed E-state index contributed by atoms with van der Waals surface area (Å²) in [5.74, 6) is -0.238. The van der Waals surface area contributed by atoms with Crippen LogP contribution in [0, 0.1) is 13.8 Å². The number of amides is 1. The molecule has 0 N–H and O–H groups in total. The predicted molar refractivity (Wildman–Crippen MR) is 117 cm³/mol. The highest BCUT2D eigenvalue weighted by atomic mass is 79.9. The largest absolute Gasteiger partial charge is 0.496 e. The van der Waals surface area contributed by atoms with Gasteiger partial charge in [-0.05, 0) is 68.3 Å². The van der Waals surface area contributed by atoms with Crippen molar-refractivity contribution in [2.45, 2.75) is 20.8 Å². The molecule has 150 valence electrons. The van der Waals surface area contributed by atoms with Crippen LogP contribution in [-0.2, 0) is 14.3 Å². The second kappa shape index (κ2) is 8.25. The first-order valence-electron chi connectivity index (χ1n) is 9.04. The van der Waals surface area contributed by atoms with Crippen molar-refractivity contribution in [2.75, 3.05) is 19.1 Å². The topological polar surface area (TPSA) is 55.8 Å². The number of allylic oxidation sites excluding steroid dienone is 1. The van der Waals surface area contributed by atoms with Crippen LogP contribution in [0.4, 0.5) is 5.69 Å². The molecule has 0 atom stereocenters. The zero-order valence-corrected chi connectivity index (χ0v) is 18.6. The maximum atomic E-state index is 13.4. The number of halogens is 1. The molecule has 0 unspecified atom stereocenters. The van der Waals surface area contributed by atoms with E-state index >= 15 is 0 Å². The van der Waals surface area contributed by atoms with Crippen LogP contribution < -0.4 is 9.64 Å². The molecule has 0 spiro atoms. The molecule has 0 fully saturated rings. The lowest BCUT2D eigenvalue weighted by molar-refractivity contribution is -0.136. The smallest absolute Gasteiger partial charge is 0.340 e. The Morgan fingerprint density at radius 3 is 2.28 bits per heavy atom. The number of carbonyl (C=O) groups is 2. The van der Waals surface area contributed by atoms with E-state index in [-0.39, 0.29) is 17.1 Å². The Labute approximate surface area is 178 Å². The van der Waals surface area contributed by atoms with Crippen LogP contribution in [-0.4, -0.2) is 26.1 Å². The number of hydrogen-bond acceptors (Lipinski definition) is 4. The molecule has 0 bridgehead atoms. The van der Waals surface area contributed by atoms with Crippen molar-refractivity contribution in [3.63, 3.8) is 0 Å². The normalized spacial score (nSPS) is 15.3. The summed E-state index contributed by atoms with van der Waals surface area (Å²) in [6, 6.07) is 11.4. The van der Waals surface area contributed by atoms with E-state index < -0.39 is 5.97 Å². The SMILES string of the molecule is COC(=O)C1=C(C)N(c2cc(C)cc(C)c2)C(=O)/C1=C\c1cc(Br)ccc1OC. The third kappa shape index (κ3) is 3.98. The highest BCUT2D eigenvalue weighted by Crippen LogP contribution is 2.37. The minimum Gasteiger partial charge on any atom is -0.496 e. The highest BCUT2D eigenvalue weighted by Gasteiger charge is 2.38. The molecule has 1 amide bonds. The van der Waals surface area contributed by atoms with Crippen molar-refractivity contribution < 1.29 is 19.1 Å². The number of methoxy groups -OCH3 is 2. The van der Waals surface area contributed by atoms with Crippen molar-refractivity contribution in [1.29, 1.82) is 0 Å².